The van der Waals surface area contributed by atoms with Crippen LogP contribution in [-0.2, 0) is 14.4 Å². The van der Waals surface area contributed by atoms with Crippen LogP contribution in [0.25, 0.3) is 0 Å². The van der Waals surface area contributed by atoms with Crippen molar-refractivity contribution in [2.75, 3.05) is 30.3 Å². The number of hydrogen-bond donors (Lipinski definition) is 1. The van der Waals surface area contributed by atoms with E-state index in [1.807, 2.05) is 38.1 Å². The number of aliphatic carboxylic acids is 1. The number of amides is 2. The second-order valence-electron chi connectivity index (χ2n) is 6.11. The van der Waals surface area contributed by atoms with Crippen LogP contribution in [0.4, 0.5) is 5.69 Å². The SMILES string of the molecule is CC(C)CN(CCC(=O)O)C(=O)CN1C(=O)CSc2ccccc21. The lowest BCUT2D eigenvalue weighted by atomic mass is 10.2. The molecule has 1 aromatic rings. The van der Waals surface area contributed by atoms with Gasteiger partial charge in [-0.05, 0) is 18.1 Å². The quantitative estimate of drug-likeness (QED) is 0.815. The second-order valence-corrected chi connectivity index (χ2v) is 7.13. The summed E-state index contributed by atoms with van der Waals surface area (Å²) >= 11 is 1.47. The third-order valence-electron chi connectivity index (χ3n) is 3.64. The Morgan fingerprint density at radius 1 is 1.33 bits per heavy atom. The van der Waals surface area contributed by atoms with Gasteiger partial charge in [-0.1, -0.05) is 26.0 Å². The molecule has 6 nitrogen and oxygen atoms in total. The summed E-state index contributed by atoms with van der Waals surface area (Å²) in [5.41, 5.74) is 0.745. The minimum atomic E-state index is -0.938. The predicted octanol–water partition coefficient (Wildman–Crippen LogP) is 2.08. The number of nitrogens with zero attached hydrogens (tertiary/aromatic N) is 2. The lowest BCUT2D eigenvalue weighted by Gasteiger charge is -2.31. The molecule has 1 aliphatic rings. The molecule has 7 heteroatoms. The molecule has 0 spiro atoms. The first-order chi connectivity index (χ1) is 11.4. The summed E-state index contributed by atoms with van der Waals surface area (Å²) in [4.78, 5) is 39.7. The van der Waals surface area contributed by atoms with Crippen molar-refractivity contribution in [3.8, 4) is 0 Å². The highest BCUT2D eigenvalue weighted by atomic mass is 32.2. The van der Waals surface area contributed by atoms with E-state index < -0.39 is 5.97 Å². The molecule has 1 aliphatic heterocycles. The molecule has 0 aromatic heterocycles. The van der Waals surface area contributed by atoms with Crippen molar-refractivity contribution in [1.29, 1.82) is 0 Å². The normalized spacial score (nSPS) is 13.8. The molecular formula is C17H22N2O4S. The number of fused-ring (bicyclic) bond motifs is 1. The number of anilines is 1. The molecule has 0 saturated carbocycles. The molecule has 2 rings (SSSR count). The predicted molar refractivity (Wildman–Crippen MR) is 93.2 cm³/mol. The molecule has 0 saturated heterocycles. The second kappa shape index (κ2) is 8.19. The van der Waals surface area contributed by atoms with Crippen molar-refractivity contribution in [1.82, 2.24) is 4.90 Å². The fourth-order valence-corrected chi connectivity index (χ4v) is 3.49. The summed E-state index contributed by atoms with van der Waals surface area (Å²) in [5, 5.41) is 8.87. The van der Waals surface area contributed by atoms with E-state index in [4.69, 9.17) is 5.11 Å². The molecule has 0 unspecified atom stereocenters. The van der Waals surface area contributed by atoms with Crippen LogP contribution in [0.2, 0.25) is 0 Å². The minimum Gasteiger partial charge on any atom is -0.481 e. The lowest BCUT2D eigenvalue weighted by molar-refractivity contribution is -0.138. The highest BCUT2D eigenvalue weighted by molar-refractivity contribution is 8.00. The number of rotatable bonds is 7. The van der Waals surface area contributed by atoms with Crippen LogP contribution < -0.4 is 4.90 Å². The molecule has 1 N–H and O–H groups in total. The van der Waals surface area contributed by atoms with Gasteiger partial charge in [-0.3, -0.25) is 14.4 Å². The van der Waals surface area contributed by atoms with Crippen molar-refractivity contribution in [3.05, 3.63) is 24.3 Å². The summed E-state index contributed by atoms with van der Waals surface area (Å²) in [6.45, 7) is 4.52. The smallest absolute Gasteiger partial charge is 0.305 e. The molecule has 1 aromatic carbocycles. The molecule has 1 heterocycles. The van der Waals surface area contributed by atoms with Crippen LogP contribution in [0.15, 0.2) is 29.2 Å². The van der Waals surface area contributed by atoms with Crippen molar-refractivity contribution in [2.45, 2.75) is 25.2 Å². The first kappa shape index (κ1) is 18.3. The van der Waals surface area contributed by atoms with E-state index in [9.17, 15) is 14.4 Å². The van der Waals surface area contributed by atoms with Gasteiger partial charge in [0.1, 0.15) is 6.54 Å². The zero-order valence-electron chi connectivity index (χ0n) is 13.9. The van der Waals surface area contributed by atoms with E-state index in [2.05, 4.69) is 0 Å². The molecule has 0 fully saturated rings. The van der Waals surface area contributed by atoms with Crippen LogP contribution >= 0.6 is 11.8 Å². The summed E-state index contributed by atoms with van der Waals surface area (Å²) in [5.74, 6) is -0.728. The maximum Gasteiger partial charge on any atom is 0.305 e. The minimum absolute atomic E-state index is 0.0528. The largest absolute Gasteiger partial charge is 0.481 e. The van der Waals surface area contributed by atoms with Gasteiger partial charge in [0.15, 0.2) is 0 Å². The zero-order valence-corrected chi connectivity index (χ0v) is 14.7. The highest BCUT2D eigenvalue weighted by Crippen LogP contribution is 2.34. The van der Waals surface area contributed by atoms with Gasteiger partial charge in [-0.2, -0.15) is 0 Å². The van der Waals surface area contributed by atoms with Gasteiger partial charge in [-0.15, -0.1) is 11.8 Å². The monoisotopic (exact) mass is 350 g/mol. The Hall–Kier alpha value is -2.02. The molecule has 0 aliphatic carbocycles. The van der Waals surface area contributed by atoms with E-state index in [0.29, 0.717) is 12.3 Å². The van der Waals surface area contributed by atoms with Crippen molar-refractivity contribution in [3.63, 3.8) is 0 Å². The average Bonchev–Trinajstić information content (AvgIpc) is 2.53. The topological polar surface area (TPSA) is 77.9 Å². The third-order valence-corrected chi connectivity index (χ3v) is 4.68. The molecule has 0 atom stereocenters. The van der Waals surface area contributed by atoms with Gasteiger partial charge in [0.05, 0.1) is 17.9 Å². The Morgan fingerprint density at radius 2 is 2.04 bits per heavy atom. The molecule has 2 amide bonds. The van der Waals surface area contributed by atoms with Gasteiger partial charge >= 0.3 is 5.97 Å². The first-order valence-corrected chi connectivity index (χ1v) is 8.88. The van der Waals surface area contributed by atoms with Gasteiger partial charge in [0.2, 0.25) is 11.8 Å². The van der Waals surface area contributed by atoms with Crippen LogP contribution in [-0.4, -0.2) is 53.2 Å². The Morgan fingerprint density at radius 3 is 2.71 bits per heavy atom. The number of para-hydroxylation sites is 1. The van der Waals surface area contributed by atoms with Crippen LogP contribution in [0.1, 0.15) is 20.3 Å². The average molecular weight is 350 g/mol. The van der Waals surface area contributed by atoms with E-state index in [0.717, 1.165) is 10.6 Å². The lowest BCUT2D eigenvalue weighted by Crippen LogP contribution is -2.46. The van der Waals surface area contributed by atoms with Crippen LogP contribution in [0.5, 0.6) is 0 Å². The van der Waals surface area contributed by atoms with Gasteiger partial charge < -0.3 is 14.9 Å². The maximum atomic E-state index is 12.6. The maximum absolute atomic E-state index is 12.6. The fourth-order valence-electron chi connectivity index (χ4n) is 2.55. The number of carboxylic acid groups (broad SMARTS) is 1. The molecule has 0 bridgehead atoms. The number of benzene rings is 1. The van der Waals surface area contributed by atoms with E-state index in [1.165, 1.54) is 21.6 Å². The third kappa shape index (κ3) is 4.74. The Balaban J connectivity index is 2.13. The van der Waals surface area contributed by atoms with Crippen molar-refractivity contribution in [2.24, 2.45) is 5.92 Å². The van der Waals surface area contributed by atoms with Gasteiger partial charge in [0.25, 0.3) is 0 Å². The van der Waals surface area contributed by atoms with Crippen molar-refractivity contribution < 1.29 is 19.5 Å². The summed E-state index contributed by atoms with van der Waals surface area (Å²) in [6.07, 6.45) is -0.0984. The number of carbonyl (C=O) groups excluding carboxylic acids is 2. The number of carboxylic acids is 1. The Bertz CT molecular complexity index is 633. The number of thioether (sulfide) groups is 1. The standard InChI is InChI=1S/C17H22N2O4S/c1-12(2)9-18(8-7-17(22)23)15(20)10-19-13-5-3-4-6-14(13)24-11-16(19)21/h3-6,12H,7-11H2,1-2H3,(H,22,23). The molecule has 130 valence electrons. The van der Waals surface area contributed by atoms with E-state index in [1.54, 1.807) is 0 Å². The summed E-state index contributed by atoms with van der Waals surface area (Å²) in [6, 6.07) is 7.50. The molecule has 0 radical (unpaired) electrons. The van der Waals surface area contributed by atoms with Gasteiger partial charge in [0, 0.05) is 18.0 Å². The molecular weight excluding hydrogens is 328 g/mol. The Kier molecular flexibility index (Phi) is 6.25. The van der Waals surface area contributed by atoms with Crippen molar-refractivity contribution >= 4 is 35.2 Å². The Labute approximate surface area is 145 Å². The fraction of sp³-hybridized carbons (Fsp3) is 0.471. The zero-order chi connectivity index (χ0) is 17.7. The van der Waals surface area contributed by atoms with Gasteiger partial charge in [-0.25, -0.2) is 0 Å². The van der Waals surface area contributed by atoms with Crippen LogP contribution in [0.3, 0.4) is 0 Å². The van der Waals surface area contributed by atoms with E-state index >= 15 is 0 Å². The highest BCUT2D eigenvalue weighted by Gasteiger charge is 2.28. The van der Waals surface area contributed by atoms with Crippen LogP contribution in [0, 0.1) is 5.92 Å². The number of hydrogen-bond acceptors (Lipinski definition) is 4. The number of carbonyl (C=O) groups is 3. The summed E-state index contributed by atoms with van der Waals surface area (Å²) < 4.78 is 0. The first-order valence-electron chi connectivity index (χ1n) is 7.90. The van der Waals surface area contributed by atoms with E-state index in [-0.39, 0.29) is 37.2 Å². The summed E-state index contributed by atoms with van der Waals surface area (Å²) in [7, 11) is 0. The molecule has 24 heavy (non-hydrogen) atoms.